The zero-order chi connectivity index (χ0) is 13.9. The van der Waals surface area contributed by atoms with Crippen LogP contribution < -0.4 is 5.32 Å². The van der Waals surface area contributed by atoms with Crippen LogP contribution in [0.15, 0.2) is 0 Å². The molecule has 104 valence electrons. The van der Waals surface area contributed by atoms with Gasteiger partial charge in [-0.1, -0.05) is 20.8 Å². The minimum atomic E-state index is -0.882. The van der Waals surface area contributed by atoms with E-state index < -0.39 is 5.97 Å². The van der Waals surface area contributed by atoms with E-state index in [1.807, 2.05) is 13.8 Å². The molecule has 2 amide bonds. The highest BCUT2D eigenvalue weighted by atomic mass is 16.4. The predicted octanol–water partition coefficient (Wildman–Crippen LogP) is 1.78. The first-order chi connectivity index (χ1) is 8.31. The number of carboxylic acids is 1. The summed E-state index contributed by atoms with van der Waals surface area (Å²) in [5, 5.41) is 11.6. The first-order valence-corrected chi connectivity index (χ1v) is 6.54. The van der Waals surface area contributed by atoms with Gasteiger partial charge in [0, 0.05) is 19.6 Å². The van der Waals surface area contributed by atoms with Crippen LogP contribution in [0.4, 0.5) is 4.79 Å². The van der Waals surface area contributed by atoms with Crippen molar-refractivity contribution in [3.8, 4) is 0 Å². The molecule has 0 aromatic carbocycles. The molecule has 1 fully saturated rings. The topological polar surface area (TPSA) is 69.6 Å². The van der Waals surface area contributed by atoms with Crippen LogP contribution >= 0.6 is 0 Å². The molecule has 1 aliphatic rings. The van der Waals surface area contributed by atoms with Gasteiger partial charge >= 0.3 is 12.0 Å². The summed E-state index contributed by atoms with van der Waals surface area (Å²) < 4.78 is 0. The summed E-state index contributed by atoms with van der Waals surface area (Å²) in [5.74, 6) is 0.545. The van der Waals surface area contributed by atoms with Gasteiger partial charge in [-0.15, -0.1) is 0 Å². The van der Waals surface area contributed by atoms with Crippen LogP contribution in [0, 0.1) is 17.8 Å². The van der Waals surface area contributed by atoms with Gasteiger partial charge in [0.25, 0.3) is 0 Å². The lowest BCUT2D eigenvalue weighted by atomic mass is 10.0. The number of carbonyl (C=O) groups excluding carboxylic acids is 1. The summed E-state index contributed by atoms with van der Waals surface area (Å²) in [4.78, 5) is 24.3. The average molecular weight is 256 g/mol. The molecule has 0 radical (unpaired) electrons. The van der Waals surface area contributed by atoms with Gasteiger partial charge in [-0.25, -0.2) is 4.79 Å². The van der Waals surface area contributed by atoms with Gasteiger partial charge in [-0.05, 0) is 24.2 Å². The van der Waals surface area contributed by atoms with Crippen molar-refractivity contribution in [3.05, 3.63) is 0 Å². The van der Waals surface area contributed by atoms with E-state index >= 15 is 0 Å². The van der Waals surface area contributed by atoms with E-state index in [1.54, 1.807) is 11.9 Å². The molecule has 2 N–H and O–H groups in total. The van der Waals surface area contributed by atoms with Gasteiger partial charge < -0.3 is 15.3 Å². The number of hydrogen-bond donors (Lipinski definition) is 2. The SMILES string of the molecule is CC(C)C(CC(=O)O)NC(=O)N(C)CC1CC1C. The summed E-state index contributed by atoms with van der Waals surface area (Å²) in [5.41, 5.74) is 0. The van der Waals surface area contributed by atoms with Crippen LogP contribution in [0.2, 0.25) is 0 Å². The van der Waals surface area contributed by atoms with E-state index in [-0.39, 0.29) is 24.4 Å². The van der Waals surface area contributed by atoms with Gasteiger partial charge in [0.2, 0.25) is 0 Å². The van der Waals surface area contributed by atoms with Crippen molar-refractivity contribution in [1.29, 1.82) is 0 Å². The second kappa shape index (κ2) is 6.07. The second-order valence-corrected chi connectivity index (χ2v) is 5.75. The fourth-order valence-electron chi connectivity index (χ4n) is 2.00. The molecule has 1 aliphatic carbocycles. The highest BCUT2D eigenvalue weighted by molar-refractivity contribution is 5.75. The molecular weight excluding hydrogens is 232 g/mol. The minimum Gasteiger partial charge on any atom is -0.481 e. The Kier molecular flexibility index (Phi) is 4.99. The smallest absolute Gasteiger partial charge is 0.317 e. The van der Waals surface area contributed by atoms with Crippen molar-refractivity contribution in [1.82, 2.24) is 10.2 Å². The first-order valence-electron chi connectivity index (χ1n) is 6.54. The maximum atomic E-state index is 11.9. The molecule has 1 saturated carbocycles. The van der Waals surface area contributed by atoms with E-state index in [0.29, 0.717) is 11.8 Å². The Morgan fingerprint density at radius 1 is 1.44 bits per heavy atom. The van der Waals surface area contributed by atoms with Crippen LogP contribution in [0.1, 0.15) is 33.6 Å². The Labute approximate surface area is 109 Å². The average Bonchev–Trinajstić information content (AvgIpc) is 2.92. The standard InChI is InChI=1S/C13H24N2O3/c1-8(2)11(6-12(16)17)14-13(18)15(4)7-10-5-9(10)3/h8-11H,5-7H2,1-4H3,(H,14,18)(H,16,17). The van der Waals surface area contributed by atoms with E-state index in [0.717, 1.165) is 6.54 Å². The zero-order valence-electron chi connectivity index (χ0n) is 11.6. The molecule has 0 bridgehead atoms. The van der Waals surface area contributed by atoms with Gasteiger partial charge in [-0.2, -0.15) is 0 Å². The normalized spacial score (nSPS) is 23.6. The van der Waals surface area contributed by atoms with Crippen LogP contribution in [0.25, 0.3) is 0 Å². The molecule has 5 nitrogen and oxygen atoms in total. The quantitative estimate of drug-likeness (QED) is 0.761. The molecule has 0 aliphatic heterocycles. The number of nitrogens with one attached hydrogen (secondary N) is 1. The summed E-state index contributed by atoms with van der Waals surface area (Å²) in [6, 6.07) is -0.483. The fourth-order valence-corrected chi connectivity index (χ4v) is 2.00. The van der Waals surface area contributed by atoms with Crippen molar-refractivity contribution in [3.63, 3.8) is 0 Å². The molecule has 3 unspecified atom stereocenters. The lowest BCUT2D eigenvalue weighted by Crippen LogP contribution is -2.46. The van der Waals surface area contributed by atoms with Gasteiger partial charge in [0.15, 0.2) is 0 Å². The number of rotatable bonds is 6. The molecule has 3 atom stereocenters. The molecule has 0 saturated heterocycles. The van der Waals surface area contributed by atoms with Crippen molar-refractivity contribution in [2.24, 2.45) is 17.8 Å². The van der Waals surface area contributed by atoms with Crippen LogP contribution in [-0.4, -0.2) is 41.6 Å². The second-order valence-electron chi connectivity index (χ2n) is 5.75. The highest BCUT2D eigenvalue weighted by Gasteiger charge is 2.34. The lowest BCUT2D eigenvalue weighted by Gasteiger charge is -2.25. The van der Waals surface area contributed by atoms with Gasteiger partial charge in [0.1, 0.15) is 0 Å². The monoisotopic (exact) mass is 256 g/mol. The maximum Gasteiger partial charge on any atom is 0.317 e. The molecule has 18 heavy (non-hydrogen) atoms. The minimum absolute atomic E-state index is 0.0307. The Morgan fingerprint density at radius 2 is 2.00 bits per heavy atom. The fraction of sp³-hybridized carbons (Fsp3) is 0.846. The molecule has 0 heterocycles. The summed E-state index contributed by atoms with van der Waals surface area (Å²) in [6.45, 7) is 6.76. The molecule has 0 aromatic heterocycles. The van der Waals surface area contributed by atoms with Gasteiger partial charge in [-0.3, -0.25) is 4.79 Å². The first kappa shape index (κ1) is 14.8. The number of urea groups is 1. The van der Waals surface area contributed by atoms with Crippen LogP contribution in [-0.2, 0) is 4.79 Å². The Morgan fingerprint density at radius 3 is 2.39 bits per heavy atom. The number of nitrogens with zero attached hydrogens (tertiary/aromatic N) is 1. The number of hydrogen-bond acceptors (Lipinski definition) is 2. The largest absolute Gasteiger partial charge is 0.481 e. The third-order valence-corrected chi connectivity index (χ3v) is 3.64. The van der Waals surface area contributed by atoms with E-state index in [1.165, 1.54) is 6.42 Å². The van der Waals surface area contributed by atoms with E-state index in [9.17, 15) is 9.59 Å². The van der Waals surface area contributed by atoms with E-state index in [2.05, 4.69) is 12.2 Å². The summed E-state index contributed by atoms with van der Waals surface area (Å²) in [6.07, 6.45) is 1.15. The number of carbonyl (C=O) groups is 2. The summed E-state index contributed by atoms with van der Waals surface area (Å²) >= 11 is 0. The third kappa shape index (κ3) is 4.55. The number of amides is 2. The summed E-state index contributed by atoms with van der Waals surface area (Å²) in [7, 11) is 1.76. The third-order valence-electron chi connectivity index (χ3n) is 3.64. The highest BCUT2D eigenvalue weighted by Crippen LogP contribution is 2.37. The van der Waals surface area contributed by atoms with Crippen molar-refractivity contribution in [2.75, 3.05) is 13.6 Å². The lowest BCUT2D eigenvalue weighted by molar-refractivity contribution is -0.137. The zero-order valence-corrected chi connectivity index (χ0v) is 11.6. The number of aliphatic carboxylic acids is 1. The molecular formula is C13H24N2O3. The number of carboxylic acid groups (broad SMARTS) is 1. The molecule has 1 rings (SSSR count). The van der Waals surface area contributed by atoms with E-state index in [4.69, 9.17) is 5.11 Å². The molecule has 5 heteroatoms. The Bertz CT molecular complexity index is 317. The van der Waals surface area contributed by atoms with Crippen LogP contribution in [0.5, 0.6) is 0 Å². The van der Waals surface area contributed by atoms with Crippen molar-refractivity contribution < 1.29 is 14.7 Å². The maximum absolute atomic E-state index is 11.9. The van der Waals surface area contributed by atoms with Gasteiger partial charge in [0.05, 0.1) is 6.42 Å². The van der Waals surface area contributed by atoms with Crippen LogP contribution in [0.3, 0.4) is 0 Å². The van der Waals surface area contributed by atoms with Crippen molar-refractivity contribution >= 4 is 12.0 Å². The Hall–Kier alpha value is -1.26. The Balaban J connectivity index is 2.41. The predicted molar refractivity (Wildman–Crippen MR) is 69.3 cm³/mol. The van der Waals surface area contributed by atoms with Crippen molar-refractivity contribution in [2.45, 2.75) is 39.7 Å². The molecule has 0 aromatic rings. The molecule has 0 spiro atoms.